The molecule has 2 aliphatic carbocycles. The third-order valence-electron chi connectivity index (χ3n) is 10.7. The number of aromatic amines is 1. The molecule has 0 amide bonds. The molecule has 258 valence electrons. The number of nitrogens with one attached hydrogen (secondary N) is 1. The summed E-state index contributed by atoms with van der Waals surface area (Å²) in [6.45, 7) is 13.1. The SMILES string of the molecule is CC1CC(C)C(OC(=O)C2=C(c3ccccc3)/C(=C/c3[nH]c(N)c(C(=O)OC4C(C)CC(C)CC4C)c3-c3ccccc3)N=C2N)C(C)C1. The first-order valence-corrected chi connectivity index (χ1v) is 17.8. The van der Waals surface area contributed by atoms with Gasteiger partial charge in [0.15, 0.2) is 0 Å². The van der Waals surface area contributed by atoms with Crippen LogP contribution in [0.4, 0.5) is 5.82 Å². The van der Waals surface area contributed by atoms with Crippen molar-refractivity contribution in [3.63, 3.8) is 0 Å². The van der Waals surface area contributed by atoms with Crippen molar-refractivity contribution >= 4 is 35.2 Å². The van der Waals surface area contributed by atoms with Gasteiger partial charge in [-0.05, 0) is 78.4 Å². The first kappa shape index (κ1) is 34.3. The molecule has 2 fully saturated rings. The van der Waals surface area contributed by atoms with E-state index in [0.29, 0.717) is 34.4 Å². The number of H-pyrrole nitrogens is 1. The molecule has 4 atom stereocenters. The largest absolute Gasteiger partial charge is 0.458 e. The number of carbonyl (C=O) groups excluding carboxylic acids is 2. The monoisotopic (exact) mass is 662 g/mol. The summed E-state index contributed by atoms with van der Waals surface area (Å²) in [6.07, 6.45) is 5.40. The van der Waals surface area contributed by atoms with Gasteiger partial charge in [0, 0.05) is 11.1 Å². The molecule has 8 heteroatoms. The van der Waals surface area contributed by atoms with Gasteiger partial charge in [0.25, 0.3) is 0 Å². The van der Waals surface area contributed by atoms with Crippen LogP contribution in [-0.2, 0) is 14.3 Å². The highest BCUT2D eigenvalue weighted by Gasteiger charge is 2.39. The Hall–Kier alpha value is -4.59. The summed E-state index contributed by atoms with van der Waals surface area (Å²) >= 11 is 0. The van der Waals surface area contributed by atoms with Crippen molar-refractivity contribution in [1.82, 2.24) is 4.98 Å². The fraction of sp³-hybridized carbons (Fsp3) is 0.439. The minimum Gasteiger partial charge on any atom is -0.458 e. The topological polar surface area (TPSA) is 133 Å². The highest BCUT2D eigenvalue weighted by Crippen LogP contribution is 2.42. The maximum Gasteiger partial charge on any atom is 0.342 e. The summed E-state index contributed by atoms with van der Waals surface area (Å²) in [5, 5.41) is 0. The number of rotatable bonds is 7. The lowest BCUT2D eigenvalue weighted by molar-refractivity contribution is -0.152. The van der Waals surface area contributed by atoms with E-state index in [1.54, 1.807) is 0 Å². The van der Waals surface area contributed by atoms with E-state index in [1.807, 2.05) is 66.7 Å². The maximum atomic E-state index is 14.0. The third kappa shape index (κ3) is 6.96. The van der Waals surface area contributed by atoms with Crippen LogP contribution in [0.2, 0.25) is 0 Å². The Bertz CT molecular complexity index is 1770. The number of carbonyl (C=O) groups is 2. The van der Waals surface area contributed by atoms with Crippen LogP contribution in [0.15, 0.2) is 76.9 Å². The van der Waals surface area contributed by atoms with Crippen LogP contribution in [-0.4, -0.2) is 35.0 Å². The van der Waals surface area contributed by atoms with E-state index < -0.39 is 11.9 Å². The number of aromatic nitrogens is 1. The van der Waals surface area contributed by atoms with Crippen LogP contribution in [0.25, 0.3) is 22.8 Å². The number of hydrogen-bond donors (Lipinski definition) is 3. The quantitative estimate of drug-likeness (QED) is 0.218. The van der Waals surface area contributed by atoms with Gasteiger partial charge in [-0.1, -0.05) is 102 Å². The zero-order valence-electron chi connectivity index (χ0n) is 29.5. The number of ether oxygens (including phenoxy) is 2. The zero-order valence-corrected chi connectivity index (χ0v) is 29.5. The van der Waals surface area contributed by atoms with E-state index in [-0.39, 0.29) is 58.7 Å². The Morgan fingerprint density at radius 1 is 0.714 bits per heavy atom. The number of nitrogens with two attached hydrogens (primary N) is 2. The van der Waals surface area contributed by atoms with Crippen LogP contribution in [0.5, 0.6) is 0 Å². The van der Waals surface area contributed by atoms with Crippen molar-refractivity contribution in [1.29, 1.82) is 0 Å². The van der Waals surface area contributed by atoms with Gasteiger partial charge in [-0.15, -0.1) is 0 Å². The number of anilines is 1. The second-order valence-electron chi connectivity index (χ2n) is 15.0. The number of nitrogens with zero attached hydrogens (tertiary/aromatic N) is 1. The molecule has 2 heterocycles. The van der Waals surface area contributed by atoms with E-state index >= 15 is 0 Å². The molecule has 8 nitrogen and oxygen atoms in total. The van der Waals surface area contributed by atoms with Crippen molar-refractivity contribution in [2.24, 2.45) is 46.2 Å². The Labute approximate surface area is 290 Å². The van der Waals surface area contributed by atoms with E-state index in [4.69, 9.17) is 25.9 Å². The molecular formula is C41H50N4O4. The molecule has 2 aromatic carbocycles. The van der Waals surface area contributed by atoms with Gasteiger partial charge < -0.3 is 25.9 Å². The van der Waals surface area contributed by atoms with E-state index in [0.717, 1.165) is 36.8 Å². The van der Waals surface area contributed by atoms with Crippen LogP contribution in [0.1, 0.15) is 88.8 Å². The molecule has 3 aliphatic rings. The normalized spacial score (nSPS) is 29.5. The highest BCUT2D eigenvalue weighted by molar-refractivity contribution is 6.28. The van der Waals surface area contributed by atoms with E-state index in [9.17, 15) is 9.59 Å². The second kappa shape index (κ2) is 14.1. The first-order valence-electron chi connectivity index (χ1n) is 17.8. The molecule has 3 aromatic rings. The van der Waals surface area contributed by atoms with Crippen molar-refractivity contribution in [3.8, 4) is 11.1 Å². The molecular weight excluding hydrogens is 612 g/mol. The number of nitrogen functional groups attached to an aromatic ring is 1. The van der Waals surface area contributed by atoms with Gasteiger partial charge in [-0.3, -0.25) is 0 Å². The minimum absolute atomic E-state index is 0.0921. The van der Waals surface area contributed by atoms with Gasteiger partial charge in [-0.2, -0.15) is 0 Å². The standard InChI is InChI=1S/C41H50N4O4/c1-22-17-24(3)36(25(4)18-22)48-40(46)34-32(28-13-9-7-10-14-28)30(44-38(34)42)21-31-33(29-15-11-8-12-16-29)35(39(43)45-31)41(47)49-37-26(5)19-23(2)20-27(37)6/h7-16,21-27,36-37,44H,17-20,42H2,1-6H3,(H2,43,45)/b31-21-. The summed E-state index contributed by atoms with van der Waals surface area (Å²) in [7, 11) is 0. The molecule has 0 radical (unpaired) electrons. The molecule has 2 saturated carbocycles. The third-order valence-corrected chi connectivity index (χ3v) is 10.7. The minimum atomic E-state index is -0.481. The lowest BCUT2D eigenvalue weighted by Crippen LogP contribution is -2.38. The average molecular weight is 663 g/mol. The number of hydrogen-bond acceptors (Lipinski definition) is 7. The van der Waals surface area contributed by atoms with Crippen molar-refractivity contribution in [3.05, 3.63) is 88.8 Å². The molecule has 1 aliphatic heterocycles. The average Bonchev–Trinajstić information content (AvgIpc) is 3.56. The predicted octanol–water partition coefficient (Wildman–Crippen LogP) is 8.27. The van der Waals surface area contributed by atoms with Crippen LogP contribution >= 0.6 is 0 Å². The Morgan fingerprint density at radius 2 is 1.18 bits per heavy atom. The summed E-state index contributed by atoms with van der Waals surface area (Å²) in [5.41, 5.74) is 17.5. The Balaban J connectivity index is 1.43. The predicted molar refractivity (Wildman–Crippen MR) is 196 cm³/mol. The summed E-state index contributed by atoms with van der Waals surface area (Å²) in [6, 6.07) is 19.2. The van der Waals surface area contributed by atoms with Crippen molar-refractivity contribution in [2.45, 2.75) is 79.4 Å². The van der Waals surface area contributed by atoms with Crippen LogP contribution < -0.4 is 11.5 Å². The molecule has 5 N–H and O–H groups in total. The molecule has 4 unspecified atom stereocenters. The highest BCUT2D eigenvalue weighted by atomic mass is 16.5. The van der Waals surface area contributed by atoms with Crippen LogP contribution in [0, 0.1) is 35.5 Å². The molecule has 49 heavy (non-hydrogen) atoms. The van der Waals surface area contributed by atoms with Crippen molar-refractivity contribution < 1.29 is 19.1 Å². The van der Waals surface area contributed by atoms with Gasteiger partial charge >= 0.3 is 11.9 Å². The van der Waals surface area contributed by atoms with Gasteiger partial charge in [-0.25, -0.2) is 14.6 Å². The number of allylic oxidation sites excluding steroid dienone is 1. The maximum absolute atomic E-state index is 14.0. The molecule has 0 spiro atoms. The van der Waals surface area contributed by atoms with Crippen LogP contribution in [0.3, 0.4) is 0 Å². The molecule has 6 rings (SSSR count). The lowest BCUT2D eigenvalue weighted by Gasteiger charge is -2.37. The fourth-order valence-electron chi connectivity index (χ4n) is 8.83. The molecule has 0 bridgehead atoms. The van der Waals surface area contributed by atoms with Crippen molar-refractivity contribution in [2.75, 3.05) is 5.73 Å². The summed E-state index contributed by atoms with van der Waals surface area (Å²) < 4.78 is 12.5. The van der Waals surface area contributed by atoms with Gasteiger partial charge in [0.1, 0.15) is 35.0 Å². The van der Waals surface area contributed by atoms with E-state index in [2.05, 4.69) is 46.5 Å². The number of esters is 2. The number of aliphatic imine (C=N–C) groups is 1. The summed E-state index contributed by atoms with van der Waals surface area (Å²) in [4.78, 5) is 36.0. The Kier molecular flexibility index (Phi) is 9.87. The smallest absolute Gasteiger partial charge is 0.342 e. The van der Waals surface area contributed by atoms with Gasteiger partial charge in [0.05, 0.1) is 11.4 Å². The zero-order chi connectivity index (χ0) is 35.0. The molecule has 0 saturated heterocycles. The number of benzene rings is 2. The van der Waals surface area contributed by atoms with E-state index in [1.165, 1.54) is 0 Å². The lowest BCUT2D eigenvalue weighted by atomic mass is 9.75. The number of amidine groups is 1. The Morgan fingerprint density at radius 3 is 1.69 bits per heavy atom. The van der Waals surface area contributed by atoms with Gasteiger partial charge in [0.2, 0.25) is 0 Å². The second-order valence-corrected chi connectivity index (χ2v) is 15.0. The first-order chi connectivity index (χ1) is 23.4. The molecule has 1 aromatic heterocycles. The fourth-order valence-corrected chi connectivity index (χ4v) is 8.83. The summed E-state index contributed by atoms with van der Waals surface area (Å²) in [5.74, 6) is 1.46.